The van der Waals surface area contributed by atoms with Crippen LogP contribution in [0.25, 0.3) is 0 Å². The number of aromatic nitrogens is 1. The van der Waals surface area contributed by atoms with Crippen molar-refractivity contribution in [2.75, 3.05) is 13.1 Å². The van der Waals surface area contributed by atoms with Gasteiger partial charge in [0.1, 0.15) is 6.54 Å². The van der Waals surface area contributed by atoms with E-state index < -0.39 is 15.6 Å². The molecule has 2 aromatic rings. The van der Waals surface area contributed by atoms with Crippen LogP contribution in [-0.4, -0.2) is 36.3 Å². The summed E-state index contributed by atoms with van der Waals surface area (Å²) in [6.45, 7) is 4.77. The van der Waals surface area contributed by atoms with Crippen LogP contribution in [0.3, 0.4) is 0 Å². The van der Waals surface area contributed by atoms with Gasteiger partial charge in [-0.15, -0.1) is 11.3 Å². The van der Waals surface area contributed by atoms with E-state index >= 15 is 0 Å². The molecule has 1 aliphatic rings. The fourth-order valence-corrected chi connectivity index (χ4v) is 5.76. The molecule has 0 spiro atoms. The molecule has 3 heterocycles. The van der Waals surface area contributed by atoms with Crippen LogP contribution in [0.5, 0.6) is 0 Å². The Morgan fingerprint density at radius 2 is 1.93 bits per heavy atom. The molecule has 1 fully saturated rings. The Hall–Kier alpha value is -1.97. The van der Waals surface area contributed by atoms with Crippen molar-refractivity contribution in [1.82, 2.24) is 14.2 Å². The van der Waals surface area contributed by atoms with Crippen LogP contribution in [-0.2, 0) is 21.4 Å². The molecule has 152 valence electrons. The van der Waals surface area contributed by atoms with E-state index in [0.29, 0.717) is 13.1 Å². The first-order chi connectivity index (χ1) is 13.3. The number of sulfonamides is 1. The summed E-state index contributed by atoms with van der Waals surface area (Å²) in [6, 6.07) is 6.26. The lowest BCUT2D eigenvalue weighted by Crippen LogP contribution is -2.36. The number of rotatable bonds is 7. The Kier molecular flexibility index (Phi) is 6.36. The minimum Gasteiger partial charge on any atom is -0.347 e. The topological polar surface area (TPSA) is 88.5 Å². The van der Waals surface area contributed by atoms with Crippen molar-refractivity contribution in [3.8, 4) is 0 Å². The third-order valence-corrected chi connectivity index (χ3v) is 7.64. The second-order valence-electron chi connectivity index (χ2n) is 7.25. The van der Waals surface area contributed by atoms with Crippen molar-refractivity contribution in [3.63, 3.8) is 0 Å². The average Bonchev–Trinajstić information content (AvgIpc) is 3.35. The van der Waals surface area contributed by atoms with Crippen molar-refractivity contribution < 1.29 is 13.2 Å². The number of carbonyl (C=O) groups is 1. The molecule has 3 rings (SSSR count). The van der Waals surface area contributed by atoms with Gasteiger partial charge in [0.05, 0.1) is 10.9 Å². The summed E-state index contributed by atoms with van der Waals surface area (Å²) in [6.07, 6.45) is 2.94. The van der Waals surface area contributed by atoms with Gasteiger partial charge in [0.2, 0.25) is 15.9 Å². The molecular weight excluding hydrogens is 398 g/mol. The number of amides is 1. The van der Waals surface area contributed by atoms with Gasteiger partial charge in [0, 0.05) is 30.2 Å². The molecule has 0 radical (unpaired) electrons. The highest BCUT2D eigenvalue weighted by Crippen LogP contribution is 2.25. The van der Waals surface area contributed by atoms with Crippen LogP contribution in [0.1, 0.15) is 37.6 Å². The third-order valence-electron chi connectivity index (χ3n) is 4.81. The summed E-state index contributed by atoms with van der Waals surface area (Å²) >= 11 is 1.56. The molecule has 9 heteroatoms. The molecule has 7 nitrogen and oxygen atoms in total. The molecule has 1 unspecified atom stereocenters. The van der Waals surface area contributed by atoms with Gasteiger partial charge < -0.3 is 9.88 Å². The lowest BCUT2D eigenvalue weighted by atomic mass is 10.0. The summed E-state index contributed by atoms with van der Waals surface area (Å²) in [5.41, 5.74) is -0.409. The number of pyridine rings is 1. The van der Waals surface area contributed by atoms with Gasteiger partial charge in [-0.3, -0.25) is 9.59 Å². The predicted octanol–water partition coefficient (Wildman–Crippen LogP) is 2.21. The molecule has 1 saturated heterocycles. The second-order valence-corrected chi connectivity index (χ2v) is 10.2. The summed E-state index contributed by atoms with van der Waals surface area (Å²) in [5, 5.41) is 4.91. The van der Waals surface area contributed by atoms with E-state index in [-0.39, 0.29) is 29.3 Å². The van der Waals surface area contributed by atoms with Crippen LogP contribution in [0.2, 0.25) is 0 Å². The Balaban J connectivity index is 1.78. The first kappa shape index (κ1) is 20.8. The molecule has 0 aliphatic carbocycles. The fraction of sp³-hybridized carbons (Fsp3) is 0.474. The number of carbonyl (C=O) groups excluding carboxylic acids is 1. The van der Waals surface area contributed by atoms with Crippen LogP contribution in [0.15, 0.2) is 45.5 Å². The summed E-state index contributed by atoms with van der Waals surface area (Å²) in [7, 11) is -3.64. The first-order valence-corrected chi connectivity index (χ1v) is 11.6. The maximum absolute atomic E-state index is 12.7. The Morgan fingerprint density at radius 1 is 1.21 bits per heavy atom. The number of thiophene rings is 1. The fourth-order valence-electron chi connectivity index (χ4n) is 3.27. The van der Waals surface area contributed by atoms with Crippen molar-refractivity contribution in [2.45, 2.75) is 44.2 Å². The first-order valence-electron chi connectivity index (χ1n) is 9.32. The molecule has 1 aliphatic heterocycles. The predicted molar refractivity (Wildman–Crippen MR) is 109 cm³/mol. The highest BCUT2D eigenvalue weighted by Gasteiger charge is 2.28. The van der Waals surface area contributed by atoms with Gasteiger partial charge in [0.15, 0.2) is 0 Å². The van der Waals surface area contributed by atoms with Gasteiger partial charge in [-0.25, -0.2) is 8.42 Å². The lowest BCUT2D eigenvalue weighted by molar-refractivity contribution is -0.122. The minimum atomic E-state index is -3.64. The van der Waals surface area contributed by atoms with E-state index in [1.54, 1.807) is 11.3 Å². The Labute approximate surface area is 169 Å². The molecule has 0 bridgehead atoms. The maximum atomic E-state index is 12.7. The normalized spacial score (nSPS) is 16.4. The number of nitrogens with zero attached hydrogens (tertiary/aromatic N) is 2. The molecular formula is C19H25N3O4S2. The highest BCUT2D eigenvalue weighted by atomic mass is 32.2. The van der Waals surface area contributed by atoms with E-state index in [1.807, 2.05) is 31.4 Å². The van der Waals surface area contributed by atoms with Gasteiger partial charge in [0.25, 0.3) is 5.56 Å². The average molecular weight is 424 g/mol. The standard InChI is InChI=1S/C19H25N3O4S2/c1-14(2)19(16-6-5-11-27-16)20-17(23)13-21-12-15(7-8-18(21)24)28(25,26)22-9-3-4-10-22/h5-8,11-12,14,19H,3-4,9-10,13H2,1-2H3,(H,20,23). The zero-order valence-corrected chi connectivity index (χ0v) is 17.6. The van der Waals surface area contributed by atoms with Gasteiger partial charge in [-0.05, 0) is 36.3 Å². The van der Waals surface area contributed by atoms with E-state index in [1.165, 1.54) is 22.6 Å². The van der Waals surface area contributed by atoms with Crippen molar-refractivity contribution in [2.24, 2.45) is 5.92 Å². The summed E-state index contributed by atoms with van der Waals surface area (Å²) in [4.78, 5) is 25.8. The van der Waals surface area contributed by atoms with Crippen LogP contribution in [0.4, 0.5) is 0 Å². The van der Waals surface area contributed by atoms with Gasteiger partial charge in [-0.2, -0.15) is 4.31 Å². The zero-order chi connectivity index (χ0) is 20.3. The molecule has 2 aromatic heterocycles. The smallest absolute Gasteiger partial charge is 0.251 e. The lowest BCUT2D eigenvalue weighted by Gasteiger charge is -2.21. The van der Waals surface area contributed by atoms with E-state index in [4.69, 9.17) is 0 Å². The third kappa shape index (κ3) is 4.53. The molecule has 28 heavy (non-hydrogen) atoms. The zero-order valence-electron chi connectivity index (χ0n) is 16.0. The molecule has 0 saturated carbocycles. The highest BCUT2D eigenvalue weighted by molar-refractivity contribution is 7.89. The van der Waals surface area contributed by atoms with Gasteiger partial charge in [-0.1, -0.05) is 19.9 Å². The second kappa shape index (κ2) is 8.59. The Morgan fingerprint density at radius 3 is 2.54 bits per heavy atom. The minimum absolute atomic E-state index is 0.0421. The van der Waals surface area contributed by atoms with Crippen LogP contribution >= 0.6 is 11.3 Å². The SMILES string of the molecule is CC(C)C(NC(=O)Cn1cc(S(=O)(=O)N2CCCC2)ccc1=O)c1cccs1. The summed E-state index contributed by atoms with van der Waals surface area (Å²) in [5.74, 6) is -0.147. The Bertz CT molecular complexity index is 975. The van der Waals surface area contributed by atoms with Crippen LogP contribution < -0.4 is 10.9 Å². The largest absolute Gasteiger partial charge is 0.347 e. The van der Waals surface area contributed by atoms with Crippen molar-refractivity contribution >= 4 is 27.3 Å². The molecule has 0 aromatic carbocycles. The van der Waals surface area contributed by atoms with E-state index in [0.717, 1.165) is 22.3 Å². The van der Waals surface area contributed by atoms with Crippen molar-refractivity contribution in [1.29, 1.82) is 0 Å². The molecule has 1 N–H and O–H groups in total. The van der Waals surface area contributed by atoms with Crippen LogP contribution in [0, 0.1) is 5.92 Å². The summed E-state index contributed by atoms with van der Waals surface area (Å²) < 4.78 is 28.0. The number of nitrogens with one attached hydrogen (secondary N) is 1. The quantitative estimate of drug-likeness (QED) is 0.740. The van der Waals surface area contributed by atoms with E-state index in [9.17, 15) is 18.0 Å². The number of hydrogen-bond donors (Lipinski definition) is 1. The van der Waals surface area contributed by atoms with Gasteiger partial charge >= 0.3 is 0 Å². The van der Waals surface area contributed by atoms with Crippen molar-refractivity contribution in [3.05, 3.63) is 51.1 Å². The van der Waals surface area contributed by atoms with E-state index in [2.05, 4.69) is 5.32 Å². The monoisotopic (exact) mass is 423 g/mol. The maximum Gasteiger partial charge on any atom is 0.251 e. The molecule has 1 amide bonds. The number of hydrogen-bond acceptors (Lipinski definition) is 5. The molecule has 1 atom stereocenters.